The molecule has 0 spiro atoms. The second-order valence-electron chi connectivity index (χ2n) is 7.62. The molecule has 0 amide bonds. The normalized spacial score (nSPS) is 11.5. The van der Waals surface area contributed by atoms with Crippen molar-refractivity contribution in [3.63, 3.8) is 0 Å². The fourth-order valence-electron chi connectivity index (χ4n) is 3.58. The molecule has 1 atom stereocenters. The minimum absolute atomic E-state index is 0.00393. The molecule has 0 heterocycles. The van der Waals surface area contributed by atoms with Gasteiger partial charge in [-0.15, -0.1) is 0 Å². The minimum atomic E-state index is -0.854. The monoisotopic (exact) mass is 458 g/mol. The van der Waals surface area contributed by atoms with Crippen LogP contribution < -0.4 is 9.47 Å². The summed E-state index contributed by atoms with van der Waals surface area (Å²) in [7, 11) is 0. The highest BCUT2D eigenvalue weighted by molar-refractivity contribution is 6.30. The van der Waals surface area contributed by atoms with Gasteiger partial charge in [0.15, 0.2) is 0 Å². The van der Waals surface area contributed by atoms with E-state index in [4.69, 9.17) is 21.1 Å². The summed E-state index contributed by atoms with van der Waals surface area (Å²) in [6, 6.07) is 32.2. The van der Waals surface area contributed by atoms with Gasteiger partial charge in [-0.05, 0) is 65.2 Å². The van der Waals surface area contributed by atoms with Gasteiger partial charge < -0.3 is 14.6 Å². The molecule has 4 aromatic rings. The van der Waals surface area contributed by atoms with E-state index in [2.05, 4.69) is 0 Å². The average Bonchev–Trinajstić information content (AvgIpc) is 2.83. The van der Waals surface area contributed by atoms with Gasteiger partial charge in [-0.2, -0.15) is 0 Å². The van der Waals surface area contributed by atoms with E-state index in [1.165, 1.54) is 0 Å². The predicted molar refractivity (Wildman–Crippen MR) is 129 cm³/mol. The summed E-state index contributed by atoms with van der Waals surface area (Å²) in [4.78, 5) is 11.4. The molecule has 1 N–H and O–H groups in total. The Labute approximate surface area is 198 Å². The molecule has 4 rings (SSSR count). The zero-order chi connectivity index (χ0) is 23.0. The van der Waals surface area contributed by atoms with Crippen molar-refractivity contribution in [3.05, 3.63) is 125 Å². The van der Waals surface area contributed by atoms with E-state index in [9.17, 15) is 9.90 Å². The molecule has 0 fully saturated rings. The topological polar surface area (TPSA) is 55.8 Å². The highest BCUT2D eigenvalue weighted by Gasteiger charge is 2.18. The third-order valence-electron chi connectivity index (χ3n) is 5.22. The van der Waals surface area contributed by atoms with Crippen LogP contribution in [-0.4, -0.2) is 11.1 Å². The maximum Gasteiger partial charge on any atom is 0.304 e. The summed E-state index contributed by atoms with van der Waals surface area (Å²) in [5, 5.41) is 10.0. The van der Waals surface area contributed by atoms with E-state index in [1.54, 1.807) is 12.1 Å². The molecule has 0 radical (unpaired) electrons. The minimum Gasteiger partial charge on any atom is -0.489 e. The van der Waals surface area contributed by atoms with Crippen molar-refractivity contribution < 1.29 is 19.4 Å². The molecule has 4 nitrogen and oxygen atoms in total. The molecule has 4 aromatic carbocycles. The number of hydrogen-bond acceptors (Lipinski definition) is 3. The Morgan fingerprint density at radius 1 is 0.758 bits per heavy atom. The van der Waals surface area contributed by atoms with Crippen LogP contribution in [0.15, 0.2) is 103 Å². The Morgan fingerprint density at radius 2 is 1.39 bits per heavy atom. The van der Waals surface area contributed by atoms with Crippen molar-refractivity contribution in [2.45, 2.75) is 18.9 Å². The van der Waals surface area contributed by atoms with Crippen LogP contribution in [0.2, 0.25) is 5.02 Å². The molecular formula is C28H23ClO4. The van der Waals surface area contributed by atoms with Crippen LogP contribution in [-0.2, 0) is 11.4 Å². The second-order valence-corrected chi connectivity index (χ2v) is 8.06. The number of halogens is 1. The van der Waals surface area contributed by atoms with Crippen LogP contribution in [0.5, 0.6) is 17.2 Å². The zero-order valence-electron chi connectivity index (χ0n) is 17.9. The lowest BCUT2D eigenvalue weighted by Gasteiger charge is -2.17. The Kier molecular flexibility index (Phi) is 7.28. The van der Waals surface area contributed by atoms with Gasteiger partial charge >= 0.3 is 5.97 Å². The fourth-order valence-corrected chi connectivity index (χ4v) is 3.71. The molecule has 0 aromatic heterocycles. The van der Waals surface area contributed by atoms with Crippen molar-refractivity contribution >= 4 is 17.6 Å². The maximum absolute atomic E-state index is 11.4. The smallest absolute Gasteiger partial charge is 0.304 e. The first-order valence-electron chi connectivity index (χ1n) is 10.6. The van der Waals surface area contributed by atoms with Crippen molar-refractivity contribution in [1.29, 1.82) is 0 Å². The number of hydrogen-bond donors (Lipinski definition) is 1. The van der Waals surface area contributed by atoms with Crippen LogP contribution >= 0.6 is 11.6 Å². The van der Waals surface area contributed by atoms with Gasteiger partial charge in [0.05, 0.1) is 6.42 Å². The Bertz CT molecular complexity index is 1190. The summed E-state index contributed by atoms with van der Waals surface area (Å²) in [5.74, 6) is 1.12. The number of carbonyl (C=O) groups is 1. The number of rotatable bonds is 9. The Balaban J connectivity index is 1.42. The van der Waals surface area contributed by atoms with Gasteiger partial charge in [-0.1, -0.05) is 66.2 Å². The van der Waals surface area contributed by atoms with Crippen LogP contribution in [0, 0.1) is 0 Å². The SMILES string of the molecule is O=C(O)CC(c1ccc(Cl)cc1)c1ccc(OCc2cccc(Oc3ccccc3)c2)cc1. The maximum atomic E-state index is 11.4. The molecule has 0 aliphatic carbocycles. The quantitative estimate of drug-likeness (QED) is 0.285. The lowest BCUT2D eigenvalue weighted by atomic mass is 9.88. The molecule has 1 unspecified atom stereocenters. The summed E-state index contributed by atoms with van der Waals surface area (Å²) >= 11 is 5.98. The third-order valence-corrected chi connectivity index (χ3v) is 5.47. The zero-order valence-corrected chi connectivity index (χ0v) is 18.6. The number of ether oxygens (including phenoxy) is 2. The largest absolute Gasteiger partial charge is 0.489 e. The van der Waals surface area contributed by atoms with E-state index in [-0.39, 0.29) is 12.3 Å². The summed E-state index contributed by atoms with van der Waals surface area (Å²) in [5.41, 5.74) is 2.80. The highest BCUT2D eigenvalue weighted by atomic mass is 35.5. The van der Waals surface area contributed by atoms with Gasteiger partial charge in [-0.3, -0.25) is 4.79 Å². The molecule has 0 aliphatic heterocycles. The molecule has 33 heavy (non-hydrogen) atoms. The van der Waals surface area contributed by atoms with E-state index >= 15 is 0 Å². The highest BCUT2D eigenvalue weighted by Crippen LogP contribution is 2.30. The van der Waals surface area contributed by atoms with Gasteiger partial charge in [0.25, 0.3) is 0 Å². The lowest BCUT2D eigenvalue weighted by molar-refractivity contribution is -0.137. The molecule has 5 heteroatoms. The lowest BCUT2D eigenvalue weighted by Crippen LogP contribution is -2.08. The second kappa shape index (κ2) is 10.7. The van der Waals surface area contributed by atoms with Crippen molar-refractivity contribution in [2.24, 2.45) is 0 Å². The van der Waals surface area contributed by atoms with E-state index in [0.29, 0.717) is 17.4 Å². The summed E-state index contributed by atoms with van der Waals surface area (Å²) in [6.45, 7) is 0.390. The first kappa shape index (κ1) is 22.4. The van der Waals surface area contributed by atoms with Gasteiger partial charge in [0, 0.05) is 10.9 Å². The standard InChI is InChI=1S/C28H23ClO4/c29-23-13-9-21(10-14-23)27(18-28(30)31)22-11-15-24(16-12-22)32-19-20-5-4-8-26(17-20)33-25-6-2-1-3-7-25/h1-17,27H,18-19H2,(H,30,31). The molecule has 0 saturated carbocycles. The van der Waals surface area contributed by atoms with Gasteiger partial charge in [0.2, 0.25) is 0 Å². The van der Waals surface area contributed by atoms with Gasteiger partial charge in [0.1, 0.15) is 23.9 Å². The van der Waals surface area contributed by atoms with Crippen LogP contribution in [0.25, 0.3) is 0 Å². The van der Waals surface area contributed by atoms with Crippen LogP contribution in [0.4, 0.5) is 0 Å². The number of carboxylic acid groups (broad SMARTS) is 1. The number of carboxylic acids is 1. The molecule has 166 valence electrons. The van der Waals surface area contributed by atoms with Crippen molar-refractivity contribution in [1.82, 2.24) is 0 Å². The molecule has 0 saturated heterocycles. The van der Waals surface area contributed by atoms with Crippen LogP contribution in [0.3, 0.4) is 0 Å². The van der Waals surface area contributed by atoms with Crippen molar-refractivity contribution in [3.8, 4) is 17.2 Å². The fraction of sp³-hybridized carbons (Fsp3) is 0.107. The summed E-state index contributed by atoms with van der Waals surface area (Å²) < 4.78 is 11.8. The predicted octanol–water partition coefficient (Wildman–Crippen LogP) is 7.32. The molecule has 0 aliphatic rings. The first-order valence-corrected chi connectivity index (χ1v) is 11.0. The number of benzene rings is 4. The third kappa shape index (κ3) is 6.37. The number of aliphatic carboxylic acids is 1. The first-order chi connectivity index (χ1) is 16.1. The van der Waals surface area contributed by atoms with Crippen molar-refractivity contribution in [2.75, 3.05) is 0 Å². The van der Waals surface area contributed by atoms with E-state index < -0.39 is 5.97 Å². The number of para-hydroxylation sites is 1. The van der Waals surface area contributed by atoms with E-state index in [1.807, 2.05) is 91.0 Å². The molecule has 0 bridgehead atoms. The van der Waals surface area contributed by atoms with E-state index in [0.717, 1.165) is 28.2 Å². The summed E-state index contributed by atoms with van der Waals surface area (Å²) in [6.07, 6.45) is -0.00393. The molecular weight excluding hydrogens is 436 g/mol. The van der Waals surface area contributed by atoms with Gasteiger partial charge in [-0.25, -0.2) is 0 Å². The Morgan fingerprint density at radius 3 is 2.06 bits per heavy atom. The van der Waals surface area contributed by atoms with Crippen LogP contribution in [0.1, 0.15) is 29.0 Å². The Hall–Kier alpha value is -3.76. The average molecular weight is 459 g/mol.